The molecule has 0 amide bonds. The molecule has 0 atom stereocenters. The molecule has 0 fully saturated rings. The van der Waals surface area contributed by atoms with Gasteiger partial charge in [0.2, 0.25) is 5.75 Å². The van der Waals surface area contributed by atoms with Crippen molar-refractivity contribution in [2.45, 2.75) is 6.61 Å². The first-order chi connectivity index (χ1) is 10.0. The van der Waals surface area contributed by atoms with Crippen molar-refractivity contribution in [1.29, 1.82) is 5.26 Å². The number of nitro groups is 1. The Hall–Kier alpha value is -2.62. The number of hydrogen-bond donors (Lipinski definition) is 1. The molecule has 21 heavy (non-hydrogen) atoms. The monoisotopic (exact) mass is 304 g/mol. The zero-order valence-electron chi connectivity index (χ0n) is 10.6. The fourth-order valence-corrected chi connectivity index (χ4v) is 1.86. The second kappa shape index (κ2) is 6.22. The van der Waals surface area contributed by atoms with Crippen LogP contribution in [0.25, 0.3) is 0 Å². The van der Waals surface area contributed by atoms with Gasteiger partial charge in [-0.05, 0) is 29.8 Å². The summed E-state index contributed by atoms with van der Waals surface area (Å²) in [5.74, 6) is 0.151. The van der Waals surface area contributed by atoms with Crippen molar-refractivity contribution in [1.82, 2.24) is 0 Å². The number of ether oxygens (including phenoxy) is 1. The van der Waals surface area contributed by atoms with Crippen LogP contribution in [0.4, 0.5) is 5.69 Å². The van der Waals surface area contributed by atoms with Crippen LogP contribution in [-0.2, 0) is 6.61 Å². The summed E-state index contributed by atoms with van der Waals surface area (Å²) < 4.78 is 5.44. The van der Waals surface area contributed by atoms with Gasteiger partial charge in [0.25, 0.3) is 0 Å². The molecular formula is C14H9ClN2O4. The number of nitro benzene ring substituents is 1. The Bertz CT molecular complexity index is 740. The number of hydrogen-bond acceptors (Lipinski definition) is 5. The highest BCUT2D eigenvalue weighted by molar-refractivity contribution is 6.30. The van der Waals surface area contributed by atoms with Gasteiger partial charge in [0, 0.05) is 11.1 Å². The molecule has 0 spiro atoms. The van der Waals surface area contributed by atoms with E-state index in [1.165, 1.54) is 30.3 Å². The van der Waals surface area contributed by atoms with Crippen molar-refractivity contribution in [3.8, 4) is 17.6 Å². The van der Waals surface area contributed by atoms with Crippen LogP contribution in [0.5, 0.6) is 11.5 Å². The number of nitrogens with zero attached hydrogens (tertiary/aromatic N) is 2. The lowest BCUT2D eigenvalue weighted by atomic mass is 10.1. The predicted octanol–water partition coefficient (Wildman–Crippen LogP) is 3.40. The molecule has 0 saturated heterocycles. The summed E-state index contributed by atoms with van der Waals surface area (Å²) in [6.07, 6.45) is 0. The fraction of sp³-hybridized carbons (Fsp3) is 0.0714. The zero-order chi connectivity index (χ0) is 15.4. The van der Waals surface area contributed by atoms with E-state index in [1.807, 2.05) is 6.07 Å². The molecule has 0 aromatic heterocycles. The van der Waals surface area contributed by atoms with Gasteiger partial charge in [-0.1, -0.05) is 17.7 Å². The largest absolute Gasteiger partial charge is 0.449 e. The number of halogens is 1. The fourth-order valence-electron chi connectivity index (χ4n) is 1.69. The molecule has 0 aliphatic rings. The van der Waals surface area contributed by atoms with Crippen LogP contribution in [-0.4, -0.2) is 10.0 Å². The zero-order valence-corrected chi connectivity index (χ0v) is 11.4. The van der Waals surface area contributed by atoms with Crippen molar-refractivity contribution >= 4 is 17.3 Å². The van der Waals surface area contributed by atoms with Gasteiger partial charge in [-0.3, -0.25) is 10.1 Å². The molecule has 2 aromatic carbocycles. The number of benzene rings is 2. The highest BCUT2D eigenvalue weighted by atomic mass is 35.5. The minimum absolute atomic E-state index is 0.0161. The minimum atomic E-state index is -0.616. The molecule has 0 aliphatic carbocycles. The minimum Gasteiger partial charge on any atom is -0.449 e. The third-order valence-electron chi connectivity index (χ3n) is 2.68. The first kappa shape index (κ1) is 14.8. The molecule has 0 heterocycles. The lowest BCUT2D eigenvalue weighted by Gasteiger charge is -2.09. The van der Waals surface area contributed by atoms with Crippen LogP contribution < -0.4 is 4.74 Å². The SMILES string of the molecule is N#Cc1cc(CO)ccc1Oc1ccc(Cl)cc1[N+](=O)[O-]. The maximum absolute atomic E-state index is 11.0. The van der Waals surface area contributed by atoms with Gasteiger partial charge >= 0.3 is 5.69 Å². The highest BCUT2D eigenvalue weighted by Gasteiger charge is 2.17. The molecule has 0 saturated carbocycles. The highest BCUT2D eigenvalue weighted by Crippen LogP contribution is 2.34. The Balaban J connectivity index is 2.43. The Morgan fingerprint density at radius 2 is 2.00 bits per heavy atom. The molecule has 0 radical (unpaired) electrons. The molecule has 106 valence electrons. The van der Waals surface area contributed by atoms with Crippen molar-refractivity contribution < 1.29 is 14.8 Å². The molecule has 2 aromatic rings. The Morgan fingerprint density at radius 1 is 1.29 bits per heavy atom. The van der Waals surface area contributed by atoms with Gasteiger partial charge in [0.1, 0.15) is 11.8 Å². The van der Waals surface area contributed by atoms with Gasteiger partial charge in [-0.25, -0.2) is 0 Å². The third kappa shape index (κ3) is 3.28. The van der Waals surface area contributed by atoms with Crippen LogP contribution in [0.15, 0.2) is 36.4 Å². The summed E-state index contributed by atoms with van der Waals surface area (Å²) in [5.41, 5.74) is 0.424. The van der Waals surface area contributed by atoms with Crippen LogP contribution >= 0.6 is 11.6 Å². The van der Waals surface area contributed by atoms with E-state index in [1.54, 1.807) is 6.07 Å². The predicted molar refractivity (Wildman–Crippen MR) is 75.3 cm³/mol. The van der Waals surface area contributed by atoms with Gasteiger partial charge in [-0.2, -0.15) is 5.26 Å². The summed E-state index contributed by atoms with van der Waals surface area (Å²) in [4.78, 5) is 10.4. The van der Waals surface area contributed by atoms with Gasteiger partial charge in [0.05, 0.1) is 17.1 Å². The van der Waals surface area contributed by atoms with Gasteiger partial charge in [-0.15, -0.1) is 0 Å². The molecule has 0 aliphatic heterocycles. The number of aliphatic hydroxyl groups excluding tert-OH is 1. The molecule has 6 nitrogen and oxygen atoms in total. The second-order valence-corrected chi connectivity index (χ2v) is 4.51. The smallest absolute Gasteiger partial charge is 0.313 e. The van der Waals surface area contributed by atoms with Crippen LogP contribution in [0.1, 0.15) is 11.1 Å². The summed E-state index contributed by atoms with van der Waals surface area (Å²) >= 11 is 5.72. The summed E-state index contributed by atoms with van der Waals surface area (Å²) in [6.45, 7) is -0.212. The molecule has 2 rings (SSSR count). The topological polar surface area (TPSA) is 96.4 Å². The maximum atomic E-state index is 11.0. The van der Waals surface area contributed by atoms with Crippen molar-refractivity contribution in [3.05, 3.63) is 62.7 Å². The van der Waals surface area contributed by atoms with Gasteiger partial charge in [0.15, 0.2) is 0 Å². The van der Waals surface area contributed by atoms with E-state index < -0.39 is 4.92 Å². The molecule has 0 bridgehead atoms. The quantitative estimate of drug-likeness (QED) is 0.689. The Kier molecular flexibility index (Phi) is 4.38. The van der Waals surface area contributed by atoms with Crippen molar-refractivity contribution in [2.75, 3.05) is 0 Å². The first-order valence-corrected chi connectivity index (χ1v) is 6.18. The Labute approximate surface area is 124 Å². The third-order valence-corrected chi connectivity index (χ3v) is 2.92. The van der Waals surface area contributed by atoms with Crippen LogP contribution in [0.2, 0.25) is 5.02 Å². The molecule has 7 heteroatoms. The first-order valence-electron chi connectivity index (χ1n) is 5.81. The van der Waals surface area contributed by atoms with E-state index in [-0.39, 0.29) is 34.4 Å². The number of rotatable bonds is 4. The van der Waals surface area contributed by atoms with Gasteiger partial charge < -0.3 is 9.84 Å². The van der Waals surface area contributed by atoms with E-state index in [0.717, 1.165) is 0 Å². The van der Waals surface area contributed by atoms with E-state index in [2.05, 4.69) is 0 Å². The van der Waals surface area contributed by atoms with E-state index in [9.17, 15) is 10.1 Å². The summed E-state index contributed by atoms with van der Waals surface area (Å²) in [7, 11) is 0. The molecular weight excluding hydrogens is 296 g/mol. The average Bonchev–Trinajstić information content (AvgIpc) is 2.49. The average molecular weight is 305 g/mol. The van der Waals surface area contributed by atoms with E-state index >= 15 is 0 Å². The maximum Gasteiger partial charge on any atom is 0.313 e. The van der Waals surface area contributed by atoms with E-state index in [4.69, 9.17) is 26.7 Å². The summed E-state index contributed by atoms with van der Waals surface area (Å²) in [6, 6.07) is 10.4. The number of nitriles is 1. The number of aliphatic hydroxyl groups is 1. The standard InChI is InChI=1S/C14H9ClN2O4/c15-11-2-4-14(12(6-11)17(19)20)21-13-3-1-9(8-18)5-10(13)7-16/h1-6,18H,8H2. The normalized spacial score (nSPS) is 9.95. The van der Waals surface area contributed by atoms with Crippen molar-refractivity contribution in [3.63, 3.8) is 0 Å². The lowest BCUT2D eigenvalue weighted by Crippen LogP contribution is -1.95. The molecule has 0 unspecified atom stereocenters. The molecule has 1 N–H and O–H groups in total. The van der Waals surface area contributed by atoms with Crippen LogP contribution in [0.3, 0.4) is 0 Å². The van der Waals surface area contributed by atoms with E-state index in [0.29, 0.717) is 5.56 Å². The van der Waals surface area contributed by atoms with Crippen molar-refractivity contribution in [2.24, 2.45) is 0 Å². The summed E-state index contributed by atoms with van der Waals surface area (Å²) in [5, 5.41) is 29.3. The van der Waals surface area contributed by atoms with Crippen LogP contribution in [0, 0.1) is 21.4 Å². The lowest BCUT2D eigenvalue weighted by molar-refractivity contribution is -0.385. The Morgan fingerprint density at radius 3 is 2.62 bits per heavy atom. The second-order valence-electron chi connectivity index (χ2n) is 4.07.